The number of nitrogens with one attached hydrogen (secondary N) is 2. The van der Waals surface area contributed by atoms with Gasteiger partial charge in [0.1, 0.15) is 10.0 Å². The van der Waals surface area contributed by atoms with Crippen molar-refractivity contribution in [2.75, 3.05) is 19.6 Å². The summed E-state index contributed by atoms with van der Waals surface area (Å²) < 4.78 is 27.0. The molecular weight excluding hydrogens is 408 g/mol. The Labute approximate surface area is 174 Å². The Morgan fingerprint density at radius 3 is 2.76 bits per heavy atom. The normalized spacial score (nSPS) is 15.2. The first-order chi connectivity index (χ1) is 14.0. The highest BCUT2D eigenvalue weighted by atomic mass is 32.2. The van der Waals surface area contributed by atoms with E-state index in [2.05, 4.69) is 15.3 Å². The third-order valence-electron chi connectivity index (χ3n) is 4.98. The van der Waals surface area contributed by atoms with Gasteiger partial charge in [-0.1, -0.05) is 12.1 Å². The summed E-state index contributed by atoms with van der Waals surface area (Å²) >= 11 is 1.19. The van der Waals surface area contributed by atoms with Crippen LogP contribution in [0.3, 0.4) is 0 Å². The second-order valence-corrected chi connectivity index (χ2v) is 10.5. The molecule has 0 radical (unpaired) electrons. The van der Waals surface area contributed by atoms with Crippen molar-refractivity contribution in [3.8, 4) is 0 Å². The number of carbonyl (C=O) groups excluding carboxylic acids is 1. The van der Waals surface area contributed by atoms with Crippen molar-refractivity contribution in [2.24, 2.45) is 0 Å². The number of thiophene rings is 1. The van der Waals surface area contributed by atoms with Crippen LogP contribution >= 0.6 is 11.3 Å². The lowest BCUT2D eigenvalue weighted by Gasteiger charge is -2.13. The highest BCUT2D eigenvalue weighted by Crippen LogP contribution is 2.27. The van der Waals surface area contributed by atoms with Crippen molar-refractivity contribution in [2.45, 2.75) is 36.3 Å². The maximum absolute atomic E-state index is 12.6. The minimum absolute atomic E-state index is 0.0958. The van der Waals surface area contributed by atoms with Gasteiger partial charge < -0.3 is 10.3 Å². The van der Waals surface area contributed by atoms with Gasteiger partial charge in [-0.05, 0) is 43.5 Å². The van der Waals surface area contributed by atoms with Crippen LogP contribution in [0.2, 0.25) is 0 Å². The number of para-hydroxylation sites is 2. The number of sulfonamides is 1. The Kier molecular flexibility index (Phi) is 5.98. The van der Waals surface area contributed by atoms with E-state index in [1.807, 2.05) is 24.3 Å². The lowest BCUT2D eigenvalue weighted by atomic mass is 10.3. The van der Waals surface area contributed by atoms with Gasteiger partial charge in [-0.25, -0.2) is 13.4 Å². The van der Waals surface area contributed by atoms with E-state index in [4.69, 9.17) is 0 Å². The summed E-state index contributed by atoms with van der Waals surface area (Å²) in [5.74, 6) is 0.817. The minimum Gasteiger partial charge on any atom is -0.356 e. The summed E-state index contributed by atoms with van der Waals surface area (Å²) in [4.78, 5) is 20.8. The van der Waals surface area contributed by atoms with Gasteiger partial charge in [0.05, 0.1) is 17.5 Å². The first-order valence-electron chi connectivity index (χ1n) is 9.81. The van der Waals surface area contributed by atoms with E-state index in [-0.39, 0.29) is 12.3 Å². The molecule has 0 aliphatic carbocycles. The molecule has 1 aromatic carbocycles. The summed E-state index contributed by atoms with van der Waals surface area (Å²) in [6.45, 7) is 1.72. The van der Waals surface area contributed by atoms with Gasteiger partial charge in [-0.2, -0.15) is 4.31 Å². The highest BCUT2D eigenvalue weighted by molar-refractivity contribution is 7.91. The lowest BCUT2D eigenvalue weighted by Crippen LogP contribution is -2.27. The van der Waals surface area contributed by atoms with E-state index in [0.29, 0.717) is 23.8 Å². The Morgan fingerprint density at radius 1 is 1.17 bits per heavy atom. The SMILES string of the molecule is O=C(Cc1ccc(S(=O)(=O)N2CCCC2)s1)NCCCc1nc2ccccc2[nH]1. The molecule has 3 aromatic rings. The molecule has 2 N–H and O–H groups in total. The molecule has 29 heavy (non-hydrogen) atoms. The molecule has 154 valence electrons. The number of aromatic amines is 1. The monoisotopic (exact) mass is 432 g/mol. The second-order valence-electron chi connectivity index (χ2n) is 7.16. The molecule has 2 aromatic heterocycles. The van der Waals surface area contributed by atoms with Crippen LogP contribution in [0.25, 0.3) is 11.0 Å². The second kappa shape index (κ2) is 8.64. The fourth-order valence-corrected chi connectivity index (χ4v) is 6.50. The molecule has 3 heterocycles. The van der Waals surface area contributed by atoms with E-state index in [0.717, 1.165) is 47.4 Å². The van der Waals surface area contributed by atoms with Gasteiger partial charge >= 0.3 is 0 Å². The van der Waals surface area contributed by atoms with E-state index < -0.39 is 10.0 Å². The first-order valence-corrected chi connectivity index (χ1v) is 12.1. The number of aromatic nitrogens is 2. The molecule has 1 aliphatic heterocycles. The number of H-pyrrole nitrogens is 1. The van der Waals surface area contributed by atoms with Crippen LogP contribution in [-0.2, 0) is 27.7 Å². The van der Waals surface area contributed by atoms with Gasteiger partial charge in [0.2, 0.25) is 5.91 Å². The van der Waals surface area contributed by atoms with Crippen LogP contribution in [-0.4, -0.2) is 48.2 Å². The van der Waals surface area contributed by atoms with Crippen LogP contribution < -0.4 is 5.32 Å². The van der Waals surface area contributed by atoms with Gasteiger partial charge in [-0.3, -0.25) is 4.79 Å². The standard InChI is InChI=1S/C20H24N4O3S2/c25-19(21-11-5-8-18-22-16-6-1-2-7-17(16)23-18)14-15-9-10-20(28-15)29(26,27)24-12-3-4-13-24/h1-2,6-7,9-10H,3-5,8,11-14H2,(H,21,25)(H,22,23). The van der Waals surface area contributed by atoms with Crippen molar-refractivity contribution in [1.29, 1.82) is 0 Å². The van der Waals surface area contributed by atoms with Crippen molar-refractivity contribution < 1.29 is 13.2 Å². The number of aryl methyl sites for hydroxylation is 1. The van der Waals surface area contributed by atoms with Crippen LogP contribution in [0.1, 0.15) is 30.0 Å². The zero-order valence-corrected chi connectivity index (χ0v) is 17.7. The van der Waals surface area contributed by atoms with E-state index >= 15 is 0 Å². The number of hydrogen-bond donors (Lipinski definition) is 2. The van der Waals surface area contributed by atoms with Crippen molar-refractivity contribution >= 4 is 38.3 Å². The fourth-order valence-electron chi connectivity index (χ4n) is 3.48. The van der Waals surface area contributed by atoms with Crippen LogP contribution in [0.4, 0.5) is 0 Å². The molecule has 1 amide bonds. The summed E-state index contributed by atoms with van der Waals surface area (Å²) in [6, 6.07) is 11.2. The van der Waals surface area contributed by atoms with Crippen LogP contribution in [0.5, 0.6) is 0 Å². The maximum Gasteiger partial charge on any atom is 0.252 e. The van der Waals surface area contributed by atoms with Gasteiger partial charge in [0, 0.05) is 30.9 Å². The number of imidazole rings is 1. The number of nitrogens with zero attached hydrogens (tertiary/aromatic N) is 2. The van der Waals surface area contributed by atoms with Crippen LogP contribution in [0, 0.1) is 0 Å². The average Bonchev–Trinajstić information content (AvgIpc) is 3.45. The number of hydrogen-bond acceptors (Lipinski definition) is 5. The molecule has 0 atom stereocenters. The lowest BCUT2D eigenvalue weighted by molar-refractivity contribution is -0.120. The highest BCUT2D eigenvalue weighted by Gasteiger charge is 2.28. The summed E-state index contributed by atoms with van der Waals surface area (Å²) in [6.07, 6.45) is 3.56. The molecule has 0 unspecified atom stereocenters. The third kappa shape index (κ3) is 4.68. The predicted octanol–water partition coefficient (Wildman–Crippen LogP) is 2.70. The number of amides is 1. The Balaban J connectivity index is 1.24. The molecule has 1 saturated heterocycles. The van der Waals surface area contributed by atoms with E-state index in [9.17, 15) is 13.2 Å². The topological polar surface area (TPSA) is 95.2 Å². The Bertz CT molecular complexity index is 1060. The Morgan fingerprint density at radius 2 is 1.97 bits per heavy atom. The zero-order valence-electron chi connectivity index (χ0n) is 16.1. The first kappa shape index (κ1) is 20.1. The molecular formula is C20H24N4O3S2. The zero-order chi connectivity index (χ0) is 20.3. The number of rotatable bonds is 8. The van der Waals surface area contributed by atoms with Crippen molar-refractivity contribution in [3.05, 3.63) is 47.1 Å². The smallest absolute Gasteiger partial charge is 0.252 e. The van der Waals surface area contributed by atoms with Gasteiger partial charge in [0.25, 0.3) is 10.0 Å². The van der Waals surface area contributed by atoms with Gasteiger partial charge in [0.15, 0.2) is 0 Å². The van der Waals surface area contributed by atoms with Crippen molar-refractivity contribution in [3.63, 3.8) is 0 Å². The van der Waals surface area contributed by atoms with E-state index in [1.165, 1.54) is 15.6 Å². The molecule has 1 aliphatic rings. The summed E-state index contributed by atoms with van der Waals surface area (Å²) in [7, 11) is -3.41. The summed E-state index contributed by atoms with van der Waals surface area (Å²) in [5, 5.41) is 2.90. The quantitative estimate of drug-likeness (QED) is 0.535. The number of fused-ring (bicyclic) bond motifs is 1. The number of carbonyl (C=O) groups is 1. The number of benzene rings is 1. The van der Waals surface area contributed by atoms with Crippen molar-refractivity contribution in [1.82, 2.24) is 19.6 Å². The Hall–Kier alpha value is -2.23. The van der Waals surface area contributed by atoms with Crippen LogP contribution in [0.15, 0.2) is 40.6 Å². The third-order valence-corrected chi connectivity index (χ3v) is 8.43. The largest absolute Gasteiger partial charge is 0.356 e. The molecule has 0 spiro atoms. The predicted molar refractivity (Wildman–Crippen MR) is 113 cm³/mol. The molecule has 7 nitrogen and oxygen atoms in total. The molecule has 0 saturated carbocycles. The molecule has 1 fully saturated rings. The molecule has 9 heteroatoms. The summed E-state index contributed by atoms with van der Waals surface area (Å²) in [5.41, 5.74) is 1.97. The molecule has 4 rings (SSSR count). The minimum atomic E-state index is -3.41. The average molecular weight is 433 g/mol. The molecule has 0 bridgehead atoms. The van der Waals surface area contributed by atoms with E-state index in [1.54, 1.807) is 12.1 Å². The maximum atomic E-state index is 12.6. The fraction of sp³-hybridized carbons (Fsp3) is 0.400. The van der Waals surface area contributed by atoms with Gasteiger partial charge in [-0.15, -0.1) is 11.3 Å².